The molecule has 9 heteroatoms. The van der Waals surface area contributed by atoms with E-state index in [0.29, 0.717) is 5.56 Å². The van der Waals surface area contributed by atoms with Gasteiger partial charge >= 0.3 is 6.09 Å². The molecule has 3 atom stereocenters. The van der Waals surface area contributed by atoms with E-state index < -0.39 is 29.6 Å². The van der Waals surface area contributed by atoms with E-state index in [4.69, 9.17) is 4.74 Å². The number of nitrogens with zero attached hydrogens (tertiary/aromatic N) is 1. The van der Waals surface area contributed by atoms with Crippen LogP contribution in [-0.4, -0.2) is 57.7 Å². The van der Waals surface area contributed by atoms with Crippen LogP contribution >= 0.6 is 0 Å². The zero-order chi connectivity index (χ0) is 26.9. The van der Waals surface area contributed by atoms with Crippen molar-refractivity contribution in [3.63, 3.8) is 0 Å². The second kappa shape index (κ2) is 10.3. The molecule has 2 aromatic carbocycles. The van der Waals surface area contributed by atoms with Crippen LogP contribution in [0, 0.1) is 12.8 Å². The number of amides is 3. The number of benzene rings is 2. The van der Waals surface area contributed by atoms with E-state index in [1.165, 1.54) is 15.8 Å². The van der Waals surface area contributed by atoms with Crippen molar-refractivity contribution in [3.8, 4) is 0 Å². The molecular formula is C28H34N4O5. The highest BCUT2D eigenvalue weighted by Crippen LogP contribution is 2.33. The van der Waals surface area contributed by atoms with Crippen LogP contribution in [-0.2, 0) is 9.53 Å². The molecule has 3 aromatic rings. The van der Waals surface area contributed by atoms with Crippen molar-refractivity contribution >= 4 is 28.8 Å². The third-order valence-corrected chi connectivity index (χ3v) is 6.78. The van der Waals surface area contributed by atoms with Gasteiger partial charge in [0, 0.05) is 41.2 Å². The van der Waals surface area contributed by atoms with Crippen molar-refractivity contribution in [2.45, 2.75) is 52.2 Å². The molecule has 1 aliphatic heterocycles. The van der Waals surface area contributed by atoms with Crippen molar-refractivity contribution in [1.29, 1.82) is 0 Å². The smallest absolute Gasteiger partial charge is 0.410 e. The summed E-state index contributed by atoms with van der Waals surface area (Å²) >= 11 is 0. The quantitative estimate of drug-likeness (QED) is 0.306. The summed E-state index contributed by atoms with van der Waals surface area (Å²) in [6, 6.07) is 14.9. The van der Waals surface area contributed by atoms with Crippen LogP contribution in [0.1, 0.15) is 60.8 Å². The number of nitrogens with one attached hydrogen (secondary N) is 3. The van der Waals surface area contributed by atoms with E-state index in [-0.39, 0.29) is 24.9 Å². The Labute approximate surface area is 216 Å². The normalized spacial score (nSPS) is 18.5. The number of ether oxygens (including phenoxy) is 1. The van der Waals surface area contributed by atoms with Gasteiger partial charge in [-0.3, -0.25) is 14.8 Å². The van der Waals surface area contributed by atoms with Crippen LogP contribution < -0.4 is 10.8 Å². The molecule has 3 amide bonds. The van der Waals surface area contributed by atoms with Gasteiger partial charge in [-0.05, 0) is 57.0 Å². The summed E-state index contributed by atoms with van der Waals surface area (Å²) in [6.45, 7) is 9.57. The first-order valence-electron chi connectivity index (χ1n) is 12.4. The van der Waals surface area contributed by atoms with Gasteiger partial charge in [-0.1, -0.05) is 37.3 Å². The first-order chi connectivity index (χ1) is 17.5. The summed E-state index contributed by atoms with van der Waals surface area (Å²) in [7, 11) is 0. The molecule has 1 fully saturated rings. The van der Waals surface area contributed by atoms with Crippen molar-refractivity contribution < 1.29 is 24.3 Å². The molecule has 4 rings (SSSR count). The zero-order valence-corrected chi connectivity index (χ0v) is 21.8. The third kappa shape index (κ3) is 5.61. The predicted molar refractivity (Wildman–Crippen MR) is 139 cm³/mol. The highest BCUT2D eigenvalue weighted by atomic mass is 16.6. The predicted octanol–water partition coefficient (Wildman–Crippen LogP) is 4.10. The molecule has 0 saturated carbocycles. The Morgan fingerprint density at radius 2 is 1.76 bits per heavy atom. The van der Waals surface area contributed by atoms with Crippen molar-refractivity contribution in [2.24, 2.45) is 5.92 Å². The molecule has 0 bridgehead atoms. The van der Waals surface area contributed by atoms with Crippen molar-refractivity contribution in [2.75, 3.05) is 13.1 Å². The average Bonchev–Trinajstić information content (AvgIpc) is 3.42. The van der Waals surface area contributed by atoms with Gasteiger partial charge in [-0.25, -0.2) is 10.3 Å². The lowest BCUT2D eigenvalue weighted by Crippen LogP contribution is -2.45. The lowest BCUT2D eigenvalue weighted by atomic mass is 9.90. The van der Waals surface area contributed by atoms with Crippen LogP contribution in [0.4, 0.5) is 4.79 Å². The number of rotatable bonds is 5. The molecule has 0 aliphatic carbocycles. The number of hydroxylamine groups is 1. The Morgan fingerprint density at radius 1 is 1.08 bits per heavy atom. The summed E-state index contributed by atoms with van der Waals surface area (Å²) in [5.41, 5.74) is 5.87. The number of para-hydroxylation sites is 1. The molecule has 0 radical (unpaired) electrons. The Hall–Kier alpha value is -3.85. The lowest BCUT2D eigenvalue weighted by molar-refractivity contribution is -0.133. The number of carbonyl (C=O) groups is 3. The molecular weight excluding hydrogens is 472 g/mol. The van der Waals surface area contributed by atoms with Crippen LogP contribution in [0.3, 0.4) is 0 Å². The monoisotopic (exact) mass is 506 g/mol. The number of fused-ring (bicyclic) bond motifs is 1. The maximum atomic E-state index is 13.1. The number of likely N-dealkylation sites (tertiary alicyclic amines) is 1. The molecule has 1 aromatic heterocycles. The Bertz CT molecular complexity index is 1310. The van der Waals surface area contributed by atoms with Gasteiger partial charge in [0.1, 0.15) is 5.60 Å². The number of carbonyl (C=O) groups excluding carboxylic acids is 3. The maximum Gasteiger partial charge on any atom is 0.410 e. The van der Waals surface area contributed by atoms with Gasteiger partial charge in [0.15, 0.2) is 0 Å². The standard InChI is InChI=1S/C28H34N4O5/c1-16(24-17(2)29-22-9-7-6-8-20(22)24)18-10-12-19(13-11-18)25(33)30-23-15-32(14-21(23)26(34)31-36)27(35)37-28(3,4)5/h6-13,16,21,23,29,36H,14-15H2,1-5H3,(H,30,33)(H,31,34)/t16?,21-,23+/m0/s1. The lowest BCUT2D eigenvalue weighted by Gasteiger charge is -2.24. The number of H-pyrrole nitrogens is 1. The minimum Gasteiger partial charge on any atom is -0.444 e. The summed E-state index contributed by atoms with van der Waals surface area (Å²) in [6.07, 6.45) is -0.578. The first kappa shape index (κ1) is 26.2. The minimum atomic E-state index is -0.814. The van der Waals surface area contributed by atoms with Gasteiger partial charge in [-0.15, -0.1) is 0 Å². The summed E-state index contributed by atoms with van der Waals surface area (Å²) in [4.78, 5) is 42.6. The van der Waals surface area contributed by atoms with E-state index in [1.54, 1.807) is 38.4 Å². The Morgan fingerprint density at radius 3 is 2.41 bits per heavy atom. The van der Waals surface area contributed by atoms with Gasteiger partial charge in [-0.2, -0.15) is 0 Å². The second-order valence-electron chi connectivity index (χ2n) is 10.6. The minimum absolute atomic E-state index is 0.0205. The van der Waals surface area contributed by atoms with Crippen LogP contribution in [0.2, 0.25) is 0 Å². The van der Waals surface area contributed by atoms with Gasteiger partial charge in [0.2, 0.25) is 5.91 Å². The molecule has 4 N–H and O–H groups in total. The van der Waals surface area contributed by atoms with Crippen LogP contribution in [0.15, 0.2) is 48.5 Å². The summed E-state index contributed by atoms with van der Waals surface area (Å²) in [5.74, 6) is -1.74. The van der Waals surface area contributed by atoms with Crippen molar-refractivity contribution in [1.82, 2.24) is 20.7 Å². The summed E-state index contributed by atoms with van der Waals surface area (Å²) < 4.78 is 5.40. The van der Waals surface area contributed by atoms with E-state index in [9.17, 15) is 19.6 Å². The Balaban J connectivity index is 1.48. The fraction of sp³-hybridized carbons (Fsp3) is 0.393. The topological polar surface area (TPSA) is 124 Å². The Kier molecular flexibility index (Phi) is 7.27. The van der Waals surface area contributed by atoms with E-state index in [0.717, 1.165) is 16.8 Å². The maximum absolute atomic E-state index is 13.1. The molecule has 1 saturated heterocycles. The van der Waals surface area contributed by atoms with Crippen LogP contribution in [0.5, 0.6) is 0 Å². The number of hydrogen-bond donors (Lipinski definition) is 4. The SMILES string of the molecule is Cc1[nH]c2ccccc2c1C(C)c1ccc(C(=O)N[C@@H]2CN(C(=O)OC(C)(C)C)C[C@@H]2C(=O)NO)cc1. The molecule has 1 unspecified atom stereocenters. The number of aromatic amines is 1. The summed E-state index contributed by atoms with van der Waals surface area (Å²) in [5, 5.41) is 13.2. The van der Waals surface area contributed by atoms with E-state index in [1.807, 2.05) is 24.3 Å². The number of aryl methyl sites for hydroxylation is 1. The first-order valence-corrected chi connectivity index (χ1v) is 12.4. The fourth-order valence-corrected chi connectivity index (χ4v) is 4.97. The molecule has 1 aliphatic rings. The largest absolute Gasteiger partial charge is 0.444 e. The highest BCUT2D eigenvalue weighted by molar-refractivity contribution is 5.95. The number of aromatic nitrogens is 1. The molecule has 9 nitrogen and oxygen atoms in total. The molecule has 37 heavy (non-hydrogen) atoms. The van der Waals surface area contributed by atoms with E-state index in [2.05, 4.69) is 36.3 Å². The third-order valence-electron chi connectivity index (χ3n) is 6.78. The van der Waals surface area contributed by atoms with Gasteiger partial charge in [0.25, 0.3) is 5.91 Å². The molecule has 196 valence electrons. The highest BCUT2D eigenvalue weighted by Gasteiger charge is 2.42. The average molecular weight is 507 g/mol. The van der Waals surface area contributed by atoms with Crippen molar-refractivity contribution in [3.05, 3.63) is 70.9 Å². The fourth-order valence-electron chi connectivity index (χ4n) is 4.97. The molecule has 0 spiro atoms. The van der Waals surface area contributed by atoms with Gasteiger partial charge in [0.05, 0.1) is 12.0 Å². The molecule has 2 heterocycles. The zero-order valence-electron chi connectivity index (χ0n) is 21.8. The van der Waals surface area contributed by atoms with Crippen LogP contribution in [0.25, 0.3) is 10.9 Å². The second-order valence-corrected chi connectivity index (χ2v) is 10.6. The number of hydrogen-bond acceptors (Lipinski definition) is 5. The van der Waals surface area contributed by atoms with Gasteiger partial charge < -0.3 is 19.9 Å². The van der Waals surface area contributed by atoms with E-state index >= 15 is 0 Å².